The summed E-state index contributed by atoms with van der Waals surface area (Å²) in [5.74, 6) is -0.0652. The molecule has 0 aliphatic carbocycles. The Kier molecular flexibility index (Phi) is 3.99. The van der Waals surface area contributed by atoms with Gasteiger partial charge in [-0.25, -0.2) is 17.7 Å². The van der Waals surface area contributed by atoms with Crippen LogP contribution in [-0.4, -0.2) is 41.0 Å². The summed E-state index contributed by atoms with van der Waals surface area (Å²) in [5, 5.41) is 6.66. The van der Waals surface area contributed by atoms with Gasteiger partial charge >= 0.3 is 0 Å². The summed E-state index contributed by atoms with van der Waals surface area (Å²) >= 11 is 0. The van der Waals surface area contributed by atoms with Crippen LogP contribution in [0.2, 0.25) is 0 Å². The second-order valence-electron chi connectivity index (χ2n) is 4.95. The van der Waals surface area contributed by atoms with Gasteiger partial charge in [-0.05, 0) is 25.2 Å². The standard InChI is InChI=1S/C14H14N6O3S/c1-9(21)17-14-18-13-4-3-10(8-20(13)19-14)11-5-12(7-16-6-11)24(22,23)15-2/h3-8,15H,1-2H3,(H,17,19,21). The molecule has 0 aromatic carbocycles. The average molecular weight is 346 g/mol. The molecule has 0 bridgehead atoms. The smallest absolute Gasteiger partial charge is 0.249 e. The molecule has 0 atom stereocenters. The minimum Gasteiger partial charge on any atom is -0.293 e. The molecule has 0 saturated heterocycles. The van der Waals surface area contributed by atoms with E-state index in [2.05, 4.69) is 25.1 Å². The van der Waals surface area contributed by atoms with Gasteiger partial charge in [-0.1, -0.05) is 0 Å². The Balaban J connectivity index is 2.03. The number of nitrogens with one attached hydrogen (secondary N) is 2. The van der Waals surface area contributed by atoms with Gasteiger partial charge in [-0.3, -0.25) is 15.1 Å². The van der Waals surface area contributed by atoms with Crippen molar-refractivity contribution in [1.29, 1.82) is 0 Å². The number of hydrogen-bond acceptors (Lipinski definition) is 6. The molecule has 124 valence electrons. The van der Waals surface area contributed by atoms with Crippen LogP contribution in [0.25, 0.3) is 16.8 Å². The van der Waals surface area contributed by atoms with Crippen molar-refractivity contribution in [2.45, 2.75) is 11.8 Å². The highest BCUT2D eigenvalue weighted by molar-refractivity contribution is 7.89. The van der Waals surface area contributed by atoms with Crippen LogP contribution < -0.4 is 10.0 Å². The van der Waals surface area contributed by atoms with Crippen molar-refractivity contribution in [1.82, 2.24) is 24.3 Å². The molecule has 3 heterocycles. The van der Waals surface area contributed by atoms with E-state index >= 15 is 0 Å². The Morgan fingerprint density at radius 3 is 2.71 bits per heavy atom. The fourth-order valence-electron chi connectivity index (χ4n) is 2.11. The van der Waals surface area contributed by atoms with Gasteiger partial charge in [-0.15, -0.1) is 5.10 Å². The molecule has 0 spiro atoms. The predicted octanol–water partition coefficient (Wildman–Crippen LogP) is 0.658. The van der Waals surface area contributed by atoms with E-state index in [-0.39, 0.29) is 16.8 Å². The first-order chi connectivity index (χ1) is 11.4. The lowest BCUT2D eigenvalue weighted by Crippen LogP contribution is -2.18. The molecule has 0 fully saturated rings. The van der Waals surface area contributed by atoms with E-state index in [1.165, 1.54) is 30.8 Å². The molecule has 0 radical (unpaired) electrons. The fourth-order valence-corrected chi connectivity index (χ4v) is 2.82. The maximum atomic E-state index is 11.9. The minimum absolute atomic E-state index is 0.0696. The van der Waals surface area contributed by atoms with E-state index in [1.807, 2.05) is 0 Å². The van der Waals surface area contributed by atoms with E-state index < -0.39 is 10.0 Å². The van der Waals surface area contributed by atoms with Gasteiger partial charge in [0.15, 0.2) is 5.65 Å². The van der Waals surface area contributed by atoms with Crippen LogP contribution in [0.5, 0.6) is 0 Å². The van der Waals surface area contributed by atoms with E-state index in [0.29, 0.717) is 16.8 Å². The van der Waals surface area contributed by atoms with E-state index in [4.69, 9.17) is 0 Å². The lowest BCUT2D eigenvalue weighted by molar-refractivity contribution is -0.114. The highest BCUT2D eigenvalue weighted by Gasteiger charge is 2.13. The third-order valence-corrected chi connectivity index (χ3v) is 4.63. The highest BCUT2D eigenvalue weighted by Crippen LogP contribution is 2.22. The number of nitrogens with zero attached hydrogens (tertiary/aromatic N) is 4. The summed E-state index contributed by atoms with van der Waals surface area (Å²) in [7, 11) is -2.24. The molecule has 2 N–H and O–H groups in total. The summed E-state index contributed by atoms with van der Waals surface area (Å²) in [5.41, 5.74) is 1.88. The first-order valence-electron chi connectivity index (χ1n) is 6.92. The highest BCUT2D eigenvalue weighted by atomic mass is 32.2. The van der Waals surface area contributed by atoms with Gasteiger partial charge in [0.1, 0.15) is 4.90 Å². The van der Waals surface area contributed by atoms with Crippen molar-refractivity contribution >= 4 is 27.5 Å². The topological polar surface area (TPSA) is 118 Å². The molecule has 0 aliphatic heterocycles. The Bertz CT molecular complexity index is 1030. The van der Waals surface area contributed by atoms with Crippen LogP contribution in [-0.2, 0) is 14.8 Å². The lowest BCUT2D eigenvalue weighted by Gasteiger charge is -2.05. The maximum absolute atomic E-state index is 11.9. The number of rotatable bonds is 4. The van der Waals surface area contributed by atoms with Crippen molar-refractivity contribution in [3.63, 3.8) is 0 Å². The largest absolute Gasteiger partial charge is 0.293 e. The number of anilines is 1. The first-order valence-corrected chi connectivity index (χ1v) is 8.40. The van der Waals surface area contributed by atoms with Crippen LogP contribution >= 0.6 is 0 Å². The van der Waals surface area contributed by atoms with Gasteiger partial charge in [-0.2, -0.15) is 4.98 Å². The summed E-state index contributed by atoms with van der Waals surface area (Å²) in [4.78, 5) is 19.3. The third kappa shape index (κ3) is 3.09. The second kappa shape index (κ2) is 5.98. The molecule has 0 unspecified atom stereocenters. The SMILES string of the molecule is CNS(=O)(=O)c1cncc(-c2ccc3nc(NC(C)=O)nn3c2)c1. The molecule has 10 heteroatoms. The van der Waals surface area contributed by atoms with Crippen molar-refractivity contribution in [3.8, 4) is 11.1 Å². The number of aromatic nitrogens is 4. The number of hydrogen-bond donors (Lipinski definition) is 2. The zero-order valence-corrected chi connectivity index (χ0v) is 13.7. The monoisotopic (exact) mass is 346 g/mol. The summed E-state index contributed by atoms with van der Waals surface area (Å²) in [6.45, 7) is 1.37. The molecule has 1 amide bonds. The molecule has 3 aromatic rings. The number of pyridine rings is 2. The number of sulfonamides is 1. The van der Waals surface area contributed by atoms with Crippen molar-refractivity contribution in [3.05, 3.63) is 36.8 Å². The zero-order valence-electron chi connectivity index (χ0n) is 12.9. The van der Waals surface area contributed by atoms with Gasteiger partial charge < -0.3 is 0 Å². The number of fused-ring (bicyclic) bond motifs is 1. The molecular formula is C14H14N6O3S. The van der Waals surface area contributed by atoms with Gasteiger partial charge in [0.2, 0.25) is 21.9 Å². The fraction of sp³-hybridized carbons (Fsp3) is 0.143. The van der Waals surface area contributed by atoms with Crippen LogP contribution in [0.3, 0.4) is 0 Å². The second-order valence-corrected chi connectivity index (χ2v) is 6.84. The van der Waals surface area contributed by atoms with Crippen molar-refractivity contribution in [2.75, 3.05) is 12.4 Å². The number of carbonyl (C=O) groups is 1. The molecule has 9 nitrogen and oxygen atoms in total. The minimum atomic E-state index is -3.58. The van der Waals surface area contributed by atoms with Crippen molar-refractivity contribution in [2.24, 2.45) is 0 Å². The van der Waals surface area contributed by atoms with Crippen LogP contribution in [0.1, 0.15) is 6.92 Å². The van der Waals surface area contributed by atoms with E-state index in [0.717, 1.165) is 0 Å². The first kappa shape index (κ1) is 16.0. The molecular weight excluding hydrogens is 332 g/mol. The van der Waals surface area contributed by atoms with Gasteiger partial charge in [0.05, 0.1) is 0 Å². The Hall–Kier alpha value is -2.85. The maximum Gasteiger partial charge on any atom is 0.249 e. The van der Waals surface area contributed by atoms with E-state index in [9.17, 15) is 13.2 Å². The molecule has 0 saturated carbocycles. The molecule has 0 aliphatic rings. The molecule has 3 rings (SSSR count). The van der Waals surface area contributed by atoms with Crippen LogP contribution in [0.15, 0.2) is 41.7 Å². The zero-order chi connectivity index (χ0) is 17.3. The van der Waals surface area contributed by atoms with Crippen LogP contribution in [0, 0.1) is 0 Å². The normalized spacial score (nSPS) is 11.6. The molecule has 3 aromatic heterocycles. The Morgan fingerprint density at radius 2 is 2.00 bits per heavy atom. The Morgan fingerprint density at radius 1 is 1.21 bits per heavy atom. The Labute approximate surface area is 137 Å². The lowest BCUT2D eigenvalue weighted by atomic mass is 10.1. The molecule has 24 heavy (non-hydrogen) atoms. The summed E-state index contributed by atoms with van der Waals surface area (Å²) in [6, 6.07) is 5.01. The third-order valence-electron chi connectivity index (χ3n) is 3.24. The summed E-state index contributed by atoms with van der Waals surface area (Å²) in [6.07, 6.45) is 4.51. The number of carbonyl (C=O) groups excluding carboxylic acids is 1. The predicted molar refractivity (Wildman–Crippen MR) is 86.8 cm³/mol. The van der Waals surface area contributed by atoms with Gasteiger partial charge in [0.25, 0.3) is 0 Å². The summed E-state index contributed by atoms with van der Waals surface area (Å²) < 4.78 is 27.5. The van der Waals surface area contributed by atoms with E-state index in [1.54, 1.807) is 24.5 Å². The van der Waals surface area contributed by atoms with Crippen molar-refractivity contribution < 1.29 is 13.2 Å². The quantitative estimate of drug-likeness (QED) is 0.716. The van der Waals surface area contributed by atoms with Gasteiger partial charge in [0, 0.05) is 36.6 Å². The van der Waals surface area contributed by atoms with Crippen LogP contribution in [0.4, 0.5) is 5.95 Å². The number of amides is 1. The average Bonchev–Trinajstić information content (AvgIpc) is 2.95.